The smallest absolute Gasteiger partial charge is 0.127 e. The maximum Gasteiger partial charge on any atom is 0.127 e. The zero-order chi connectivity index (χ0) is 9.30. The highest BCUT2D eigenvalue weighted by Crippen LogP contribution is 2.26. The van der Waals surface area contributed by atoms with E-state index in [-0.39, 0.29) is 0 Å². The van der Waals surface area contributed by atoms with Crippen LogP contribution in [0.3, 0.4) is 0 Å². The van der Waals surface area contributed by atoms with Gasteiger partial charge in [0.1, 0.15) is 4.60 Å². The van der Waals surface area contributed by atoms with Gasteiger partial charge in [0, 0.05) is 0 Å². The fourth-order valence-corrected chi connectivity index (χ4v) is 1.71. The van der Waals surface area contributed by atoms with E-state index in [9.17, 15) is 0 Å². The lowest BCUT2D eigenvalue weighted by atomic mass is 10.3. The first-order valence-electron chi connectivity index (χ1n) is 4.08. The molecule has 1 atom stereocenters. The average Bonchev–Trinajstić information content (AvgIpc) is 2.32. The summed E-state index contributed by atoms with van der Waals surface area (Å²) in [5, 5.41) is 4.33. The van der Waals surface area contributed by atoms with Gasteiger partial charge < -0.3 is 5.73 Å². The third kappa shape index (κ3) is 1.48. The molecule has 1 heterocycles. The molecule has 12 heavy (non-hydrogen) atoms. The van der Waals surface area contributed by atoms with Gasteiger partial charge in [-0.15, -0.1) is 0 Å². The van der Waals surface area contributed by atoms with E-state index in [1.165, 1.54) is 0 Å². The highest BCUT2D eigenvalue weighted by atomic mass is 79.9. The molecule has 3 nitrogen and oxygen atoms in total. The molecule has 0 fully saturated rings. The Bertz CT molecular complexity index is 280. The van der Waals surface area contributed by atoms with Gasteiger partial charge in [-0.2, -0.15) is 5.10 Å². The van der Waals surface area contributed by atoms with Crippen LogP contribution in [-0.4, -0.2) is 9.78 Å². The van der Waals surface area contributed by atoms with Crippen LogP contribution in [0.5, 0.6) is 0 Å². The van der Waals surface area contributed by atoms with Crippen LogP contribution in [0, 0.1) is 6.92 Å². The molecule has 0 aliphatic heterocycles. The van der Waals surface area contributed by atoms with Gasteiger partial charge in [-0.25, -0.2) is 0 Å². The zero-order valence-corrected chi connectivity index (χ0v) is 9.22. The van der Waals surface area contributed by atoms with Crippen LogP contribution in [0.15, 0.2) is 4.60 Å². The second-order valence-electron chi connectivity index (χ2n) is 2.99. The Kier molecular flexibility index (Phi) is 2.77. The van der Waals surface area contributed by atoms with Gasteiger partial charge in [-0.1, -0.05) is 6.92 Å². The molecule has 1 rings (SSSR count). The normalized spacial score (nSPS) is 13.3. The molecular weight excluding hydrogens is 218 g/mol. The summed E-state index contributed by atoms with van der Waals surface area (Å²) in [5.74, 6) is 0. The molecular formula is C8H14BrN3. The third-order valence-corrected chi connectivity index (χ3v) is 2.87. The molecule has 0 spiro atoms. The van der Waals surface area contributed by atoms with E-state index in [0.717, 1.165) is 22.4 Å². The van der Waals surface area contributed by atoms with Gasteiger partial charge in [0.05, 0.1) is 17.4 Å². The molecule has 1 aromatic heterocycles. The van der Waals surface area contributed by atoms with Gasteiger partial charge in [0.25, 0.3) is 0 Å². The van der Waals surface area contributed by atoms with Gasteiger partial charge in [-0.3, -0.25) is 4.68 Å². The Balaban J connectivity index is 3.08. The molecule has 2 N–H and O–H groups in total. The van der Waals surface area contributed by atoms with Gasteiger partial charge in [0.15, 0.2) is 0 Å². The summed E-state index contributed by atoms with van der Waals surface area (Å²) in [6.45, 7) is 6.17. The first-order valence-corrected chi connectivity index (χ1v) is 4.87. The Morgan fingerprint density at radius 2 is 2.25 bits per heavy atom. The van der Waals surface area contributed by atoms with Crippen molar-refractivity contribution < 1.29 is 0 Å². The molecule has 68 valence electrons. The van der Waals surface area contributed by atoms with Crippen molar-refractivity contribution in [3.8, 4) is 0 Å². The number of nitrogens with zero attached hydrogens (tertiary/aromatic N) is 2. The Labute approximate surface area is 81.1 Å². The maximum absolute atomic E-state index is 5.76. The summed E-state index contributed by atoms with van der Waals surface area (Å²) in [6, 6.07) is 0.398. The van der Waals surface area contributed by atoms with Crippen LogP contribution in [0.25, 0.3) is 0 Å². The predicted octanol–water partition coefficient (Wildman–Crippen LogP) is 2.51. The molecule has 0 amide bonds. The highest BCUT2D eigenvalue weighted by Gasteiger charge is 2.12. The van der Waals surface area contributed by atoms with Crippen LogP contribution in [0.1, 0.15) is 32.0 Å². The van der Waals surface area contributed by atoms with Crippen molar-refractivity contribution in [2.24, 2.45) is 0 Å². The monoisotopic (exact) mass is 231 g/mol. The molecule has 0 radical (unpaired) electrons. The number of hydrogen-bond donors (Lipinski definition) is 1. The topological polar surface area (TPSA) is 43.8 Å². The van der Waals surface area contributed by atoms with E-state index in [1.807, 2.05) is 11.6 Å². The van der Waals surface area contributed by atoms with Crippen molar-refractivity contribution in [2.75, 3.05) is 5.73 Å². The maximum atomic E-state index is 5.76. The average molecular weight is 232 g/mol. The minimum absolute atomic E-state index is 0.398. The summed E-state index contributed by atoms with van der Waals surface area (Å²) in [5.41, 5.74) is 7.40. The highest BCUT2D eigenvalue weighted by molar-refractivity contribution is 9.10. The second kappa shape index (κ2) is 3.47. The molecule has 0 aliphatic rings. The van der Waals surface area contributed by atoms with Crippen molar-refractivity contribution >= 4 is 21.6 Å². The molecule has 4 heteroatoms. The van der Waals surface area contributed by atoms with Gasteiger partial charge >= 0.3 is 0 Å². The summed E-state index contributed by atoms with van der Waals surface area (Å²) in [4.78, 5) is 0. The molecule has 0 aliphatic carbocycles. The number of aryl methyl sites for hydroxylation is 1. The summed E-state index contributed by atoms with van der Waals surface area (Å²) >= 11 is 3.42. The fraction of sp³-hybridized carbons (Fsp3) is 0.625. The lowest BCUT2D eigenvalue weighted by Crippen LogP contribution is -2.06. The summed E-state index contributed by atoms with van der Waals surface area (Å²) in [6.07, 6.45) is 1.05. The number of anilines is 1. The van der Waals surface area contributed by atoms with Crippen molar-refractivity contribution in [2.45, 2.75) is 33.2 Å². The summed E-state index contributed by atoms with van der Waals surface area (Å²) < 4.78 is 2.82. The Morgan fingerprint density at radius 1 is 1.67 bits per heavy atom. The van der Waals surface area contributed by atoms with Crippen LogP contribution in [0.2, 0.25) is 0 Å². The van der Waals surface area contributed by atoms with Crippen LogP contribution in [0.4, 0.5) is 5.69 Å². The second-order valence-corrected chi connectivity index (χ2v) is 3.74. The quantitative estimate of drug-likeness (QED) is 0.851. The van der Waals surface area contributed by atoms with E-state index >= 15 is 0 Å². The lowest BCUT2D eigenvalue weighted by molar-refractivity contribution is 0.467. The largest absolute Gasteiger partial charge is 0.395 e. The first-order chi connectivity index (χ1) is 5.57. The van der Waals surface area contributed by atoms with Crippen LogP contribution < -0.4 is 5.73 Å². The van der Waals surface area contributed by atoms with E-state index in [2.05, 4.69) is 34.9 Å². The van der Waals surface area contributed by atoms with Gasteiger partial charge in [0.2, 0.25) is 0 Å². The Hall–Kier alpha value is -0.510. The standard InChI is InChI=1S/C8H14BrN3/c1-4-5(2)12-8(9)7(10)6(3)11-12/h5H,4,10H2,1-3H3. The zero-order valence-electron chi connectivity index (χ0n) is 7.63. The number of halogens is 1. The third-order valence-electron chi connectivity index (χ3n) is 2.08. The minimum atomic E-state index is 0.398. The molecule has 0 saturated heterocycles. The van der Waals surface area contributed by atoms with Crippen molar-refractivity contribution in [3.05, 3.63) is 10.3 Å². The number of aromatic nitrogens is 2. The molecule has 1 unspecified atom stereocenters. The van der Waals surface area contributed by atoms with E-state index < -0.39 is 0 Å². The first kappa shape index (κ1) is 9.58. The Morgan fingerprint density at radius 3 is 2.58 bits per heavy atom. The number of nitrogen functional groups attached to an aromatic ring is 1. The predicted molar refractivity (Wildman–Crippen MR) is 54.1 cm³/mol. The van der Waals surface area contributed by atoms with E-state index in [4.69, 9.17) is 5.73 Å². The molecule has 0 bridgehead atoms. The minimum Gasteiger partial charge on any atom is -0.395 e. The number of rotatable bonds is 2. The SMILES string of the molecule is CCC(C)n1nc(C)c(N)c1Br. The van der Waals surface area contributed by atoms with Crippen molar-refractivity contribution in [1.29, 1.82) is 0 Å². The lowest BCUT2D eigenvalue weighted by Gasteiger charge is -2.09. The van der Waals surface area contributed by atoms with Gasteiger partial charge in [-0.05, 0) is 36.2 Å². The van der Waals surface area contributed by atoms with Crippen LogP contribution >= 0.6 is 15.9 Å². The van der Waals surface area contributed by atoms with E-state index in [1.54, 1.807) is 0 Å². The molecule has 0 aromatic carbocycles. The number of nitrogens with two attached hydrogens (primary N) is 1. The fourth-order valence-electron chi connectivity index (χ4n) is 0.997. The van der Waals surface area contributed by atoms with Crippen molar-refractivity contribution in [1.82, 2.24) is 9.78 Å². The molecule has 1 aromatic rings. The van der Waals surface area contributed by atoms with Crippen LogP contribution in [-0.2, 0) is 0 Å². The molecule has 0 saturated carbocycles. The van der Waals surface area contributed by atoms with E-state index in [0.29, 0.717) is 6.04 Å². The number of hydrogen-bond acceptors (Lipinski definition) is 2. The summed E-state index contributed by atoms with van der Waals surface area (Å²) in [7, 11) is 0. The van der Waals surface area contributed by atoms with Crippen molar-refractivity contribution in [3.63, 3.8) is 0 Å².